The normalized spacial score (nSPS) is 28.9. The molecular weight excluding hydrogens is 685 g/mol. The lowest BCUT2D eigenvalue weighted by Gasteiger charge is -2.30. The molecule has 6 rings (SSSR count). The van der Waals surface area contributed by atoms with Crippen molar-refractivity contribution < 1.29 is 46.3 Å². The number of benzene rings is 1. The van der Waals surface area contributed by atoms with E-state index in [1.165, 1.54) is 15.9 Å². The number of ether oxygens (including phenoxy) is 2. The summed E-state index contributed by atoms with van der Waals surface area (Å²) in [6.07, 6.45) is 5.10. The number of rotatable bonds is 5. The third-order valence-corrected chi connectivity index (χ3v) is 11.8. The van der Waals surface area contributed by atoms with Gasteiger partial charge in [-0.05, 0) is 70.9 Å². The molecule has 1 aromatic rings. The van der Waals surface area contributed by atoms with Crippen LogP contribution in [-0.4, -0.2) is 89.2 Å². The fourth-order valence-corrected chi connectivity index (χ4v) is 8.39. The minimum Gasteiger partial charge on any atom is -0.444 e. The Hall–Kier alpha value is -4.21. The van der Waals surface area contributed by atoms with Gasteiger partial charge in [0.2, 0.25) is 21.8 Å². The van der Waals surface area contributed by atoms with Crippen LogP contribution in [0.1, 0.15) is 89.7 Å². The van der Waals surface area contributed by atoms with Crippen molar-refractivity contribution in [1.29, 1.82) is 0 Å². The Morgan fingerprint density at radius 3 is 2.53 bits per heavy atom. The highest BCUT2D eigenvalue weighted by Crippen LogP contribution is 2.46. The van der Waals surface area contributed by atoms with Gasteiger partial charge in [0.1, 0.15) is 35.1 Å². The van der Waals surface area contributed by atoms with Gasteiger partial charge in [-0.25, -0.2) is 22.4 Å². The van der Waals surface area contributed by atoms with E-state index >= 15 is 0 Å². The van der Waals surface area contributed by atoms with Gasteiger partial charge in [-0.15, -0.1) is 0 Å². The highest BCUT2D eigenvalue weighted by atomic mass is 32.2. The summed E-state index contributed by atoms with van der Waals surface area (Å²) in [5.74, 6) is -3.06. The number of allylic oxidation sites excluding steroid dienone is 1. The van der Waals surface area contributed by atoms with Gasteiger partial charge in [0, 0.05) is 24.4 Å². The fraction of sp³-hybridized carbons (Fsp3) is 0.629. The van der Waals surface area contributed by atoms with E-state index < -0.39 is 86.2 Å². The molecule has 16 heteroatoms. The molecule has 5 aliphatic rings. The molecule has 2 aliphatic carbocycles. The SMILES string of the molecule is CC(C)(C)OC(=O)N[C@@H]1CCCCC/C=C\[C@@H]2C[C@@]2(C(=O)NS(=O)(=O)C2CC2)NC(=O)[C@@H]2C[C@@H](OC(=O)N3Cc4cccc(F)c4C3)CN2C1=O. The lowest BCUT2D eigenvalue weighted by molar-refractivity contribution is -0.141. The largest absolute Gasteiger partial charge is 0.444 e. The number of fused-ring (bicyclic) bond motifs is 3. The number of carbonyl (C=O) groups excluding carboxylic acids is 5. The van der Waals surface area contributed by atoms with Gasteiger partial charge in [0.05, 0.1) is 18.3 Å². The van der Waals surface area contributed by atoms with Crippen LogP contribution in [0.2, 0.25) is 0 Å². The average molecular weight is 732 g/mol. The first-order valence-electron chi connectivity index (χ1n) is 17.6. The molecule has 1 saturated heterocycles. The molecule has 3 fully saturated rings. The summed E-state index contributed by atoms with van der Waals surface area (Å²) in [5, 5.41) is 4.79. The van der Waals surface area contributed by atoms with Crippen LogP contribution in [0.5, 0.6) is 0 Å². The molecule has 5 amide bonds. The number of halogens is 1. The summed E-state index contributed by atoms with van der Waals surface area (Å²) in [7, 11) is -3.92. The van der Waals surface area contributed by atoms with Gasteiger partial charge in [-0.1, -0.05) is 37.1 Å². The van der Waals surface area contributed by atoms with Crippen molar-refractivity contribution >= 4 is 39.9 Å². The van der Waals surface area contributed by atoms with Crippen LogP contribution in [0, 0.1) is 11.7 Å². The van der Waals surface area contributed by atoms with Gasteiger partial charge in [0.15, 0.2) is 0 Å². The number of carbonyl (C=O) groups is 5. The van der Waals surface area contributed by atoms with Crippen molar-refractivity contribution in [2.45, 2.75) is 126 Å². The lowest BCUT2D eigenvalue weighted by Crippen LogP contribution is -2.58. The van der Waals surface area contributed by atoms with Crippen molar-refractivity contribution in [2.24, 2.45) is 5.92 Å². The summed E-state index contributed by atoms with van der Waals surface area (Å²) in [6.45, 7) is 5.01. The lowest BCUT2D eigenvalue weighted by atomic mass is 10.0. The molecule has 5 atom stereocenters. The second kappa shape index (κ2) is 14.1. The van der Waals surface area contributed by atoms with E-state index in [0.717, 1.165) is 12.8 Å². The minimum atomic E-state index is -3.92. The van der Waals surface area contributed by atoms with Gasteiger partial charge < -0.3 is 25.0 Å². The maximum absolute atomic E-state index is 14.4. The number of hydrogen-bond acceptors (Lipinski definition) is 9. The molecule has 0 radical (unpaired) electrons. The molecule has 2 saturated carbocycles. The topological polar surface area (TPSA) is 181 Å². The first kappa shape index (κ1) is 36.6. The molecule has 1 aromatic carbocycles. The van der Waals surface area contributed by atoms with Crippen LogP contribution in [0.3, 0.4) is 0 Å². The number of nitrogens with zero attached hydrogens (tertiary/aromatic N) is 2. The first-order chi connectivity index (χ1) is 24.1. The molecule has 3 N–H and O–H groups in total. The number of amides is 5. The Labute approximate surface area is 296 Å². The Bertz CT molecular complexity index is 1730. The zero-order valence-corrected chi connectivity index (χ0v) is 29.9. The number of nitrogens with one attached hydrogen (secondary N) is 3. The highest BCUT2D eigenvalue weighted by molar-refractivity contribution is 7.91. The predicted octanol–water partition coefficient (Wildman–Crippen LogP) is 3.14. The van der Waals surface area contributed by atoms with Crippen LogP contribution in [0.4, 0.5) is 14.0 Å². The molecule has 0 spiro atoms. The van der Waals surface area contributed by atoms with E-state index in [-0.39, 0.29) is 38.9 Å². The summed E-state index contributed by atoms with van der Waals surface area (Å²) in [6, 6.07) is 2.30. The summed E-state index contributed by atoms with van der Waals surface area (Å²) >= 11 is 0. The van der Waals surface area contributed by atoms with Crippen LogP contribution >= 0.6 is 0 Å². The van der Waals surface area contributed by atoms with E-state index in [0.29, 0.717) is 36.8 Å². The van der Waals surface area contributed by atoms with Gasteiger partial charge in [-0.2, -0.15) is 0 Å². The first-order valence-corrected chi connectivity index (χ1v) is 19.2. The van der Waals surface area contributed by atoms with Crippen LogP contribution in [0.15, 0.2) is 30.4 Å². The molecule has 3 heterocycles. The summed E-state index contributed by atoms with van der Waals surface area (Å²) < 4.78 is 53.3. The molecule has 14 nitrogen and oxygen atoms in total. The predicted molar refractivity (Wildman–Crippen MR) is 180 cm³/mol. The van der Waals surface area contributed by atoms with Crippen molar-refractivity contribution in [3.63, 3.8) is 0 Å². The maximum Gasteiger partial charge on any atom is 0.410 e. The van der Waals surface area contributed by atoms with Crippen molar-refractivity contribution in [2.75, 3.05) is 6.54 Å². The zero-order valence-electron chi connectivity index (χ0n) is 29.1. The van der Waals surface area contributed by atoms with E-state index in [2.05, 4.69) is 15.4 Å². The monoisotopic (exact) mass is 731 g/mol. The number of sulfonamides is 1. The molecule has 51 heavy (non-hydrogen) atoms. The molecule has 0 aromatic heterocycles. The maximum atomic E-state index is 14.4. The fourth-order valence-electron chi connectivity index (χ4n) is 7.02. The molecular formula is C35H46FN5O9S. The van der Waals surface area contributed by atoms with Crippen LogP contribution in [0.25, 0.3) is 0 Å². The Balaban J connectivity index is 1.25. The second-order valence-corrected chi connectivity index (χ2v) is 17.2. The molecule has 3 aliphatic heterocycles. The molecule has 0 bridgehead atoms. The molecule has 278 valence electrons. The smallest absolute Gasteiger partial charge is 0.410 e. The van der Waals surface area contributed by atoms with Gasteiger partial charge in [0.25, 0.3) is 5.91 Å². The third-order valence-electron chi connectivity index (χ3n) is 9.99. The standard InChI is InChI=1S/C35H46FN5O9S/c1-34(2,3)50-32(45)37-27-13-8-6-4-5-7-11-22-17-35(22,31(44)39-51(47,48)24-14-15-24)38-29(42)28-16-23(19-41(28)30(27)43)49-33(46)40-18-21-10-9-12-26(36)25(21)20-40/h7,9-12,22-24,27-28H,4-6,8,13-20H2,1-3H3,(H,37,45)(H,38,42)(H,39,44)/b11-7-/t22-,23-,27-,28+,35-/m1/s1. The van der Waals surface area contributed by atoms with Crippen LogP contribution in [-0.2, 0) is 47.0 Å². The quantitative estimate of drug-likeness (QED) is 0.384. The van der Waals surface area contributed by atoms with Gasteiger partial charge >= 0.3 is 12.2 Å². The van der Waals surface area contributed by atoms with E-state index in [1.807, 2.05) is 12.2 Å². The van der Waals surface area contributed by atoms with Crippen molar-refractivity contribution in [3.8, 4) is 0 Å². The Morgan fingerprint density at radius 2 is 1.82 bits per heavy atom. The number of hydrogen-bond donors (Lipinski definition) is 3. The minimum absolute atomic E-state index is 0.00168. The third kappa shape index (κ3) is 8.31. The van der Waals surface area contributed by atoms with Crippen molar-refractivity contribution in [1.82, 2.24) is 25.2 Å². The average Bonchev–Trinajstić information content (AvgIpc) is 3.93. The summed E-state index contributed by atoms with van der Waals surface area (Å²) in [4.78, 5) is 70.8. The zero-order chi connectivity index (χ0) is 36.7. The van der Waals surface area contributed by atoms with E-state index in [4.69, 9.17) is 9.47 Å². The van der Waals surface area contributed by atoms with E-state index in [9.17, 15) is 36.8 Å². The summed E-state index contributed by atoms with van der Waals surface area (Å²) in [5.41, 5.74) is -1.36. The Kier molecular flexibility index (Phi) is 10.1. The Morgan fingerprint density at radius 1 is 1.06 bits per heavy atom. The second-order valence-electron chi connectivity index (χ2n) is 15.2. The number of alkyl carbamates (subject to hydrolysis) is 1. The van der Waals surface area contributed by atoms with Crippen LogP contribution < -0.4 is 15.4 Å². The van der Waals surface area contributed by atoms with E-state index in [1.54, 1.807) is 32.9 Å². The van der Waals surface area contributed by atoms with Gasteiger partial charge in [-0.3, -0.25) is 24.0 Å². The highest BCUT2D eigenvalue weighted by Gasteiger charge is 2.62. The molecule has 0 unspecified atom stereocenters. The van der Waals surface area contributed by atoms with Crippen molar-refractivity contribution in [3.05, 3.63) is 47.3 Å².